The topological polar surface area (TPSA) is 12.9 Å². The third-order valence-corrected chi connectivity index (χ3v) is 3.64. The quantitative estimate of drug-likeness (QED) is 0.705. The van der Waals surface area contributed by atoms with Crippen molar-refractivity contribution in [2.45, 2.75) is 46.0 Å². The Hall–Kier alpha value is -1.63. The molecule has 0 saturated carbocycles. The number of hydrogen-bond donors (Lipinski definition) is 0. The molecule has 0 spiro atoms. The van der Waals surface area contributed by atoms with Gasteiger partial charge in [0.15, 0.2) is 0 Å². The highest BCUT2D eigenvalue weighted by molar-refractivity contribution is 5.37. The summed E-state index contributed by atoms with van der Waals surface area (Å²) in [5.74, 6) is 0.500. The van der Waals surface area contributed by atoms with Gasteiger partial charge in [-0.15, -0.1) is 0 Å². The lowest BCUT2D eigenvalue weighted by Crippen LogP contribution is -2.12. The molecule has 0 bridgehead atoms. The zero-order chi connectivity index (χ0) is 13.7. The SMILES string of the molecule is CC.Cc1cccc(C2CCCc3ccccc32)n1. The molecule has 1 aromatic carbocycles. The molecule has 1 nitrogen and oxygen atoms in total. The van der Waals surface area contributed by atoms with Gasteiger partial charge in [-0.3, -0.25) is 4.98 Å². The summed E-state index contributed by atoms with van der Waals surface area (Å²) < 4.78 is 0. The first-order valence-electron chi connectivity index (χ1n) is 7.36. The molecule has 1 aliphatic rings. The molecule has 0 amide bonds. The van der Waals surface area contributed by atoms with Crippen LogP contribution in [0.15, 0.2) is 42.5 Å². The van der Waals surface area contributed by atoms with Crippen LogP contribution >= 0.6 is 0 Å². The van der Waals surface area contributed by atoms with Crippen molar-refractivity contribution >= 4 is 0 Å². The van der Waals surface area contributed by atoms with Gasteiger partial charge >= 0.3 is 0 Å². The van der Waals surface area contributed by atoms with Crippen molar-refractivity contribution in [3.8, 4) is 0 Å². The molecule has 0 N–H and O–H groups in total. The summed E-state index contributed by atoms with van der Waals surface area (Å²) in [5.41, 5.74) is 5.34. The van der Waals surface area contributed by atoms with Gasteiger partial charge in [-0.05, 0) is 49.4 Å². The minimum absolute atomic E-state index is 0.500. The molecule has 1 unspecified atom stereocenters. The van der Waals surface area contributed by atoms with Gasteiger partial charge in [0.1, 0.15) is 0 Å². The molecule has 0 saturated heterocycles. The zero-order valence-corrected chi connectivity index (χ0v) is 12.2. The van der Waals surface area contributed by atoms with Crippen molar-refractivity contribution in [2.75, 3.05) is 0 Å². The maximum atomic E-state index is 4.70. The average Bonchev–Trinajstić information content (AvgIpc) is 2.49. The lowest BCUT2D eigenvalue weighted by atomic mass is 9.81. The van der Waals surface area contributed by atoms with E-state index < -0.39 is 0 Å². The fourth-order valence-corrected chi connectivity index (χ4v) is 2.82. The van der Waals surface area contributed by atoms with Gasteiger partial charge in [-0.1, -0.05) is 44.2 Å². The lowest BCUT2D eigenvalue weighted by Gasteiger charge is -2.25. The molecule has 0 radical (unpaired) electrons. The largest absolute Gasteiger partial charge is 0.258 e. The molecule has 100 valence electrons. The standard InChI is InChI=1S/C16H17N.C2H6/c1-12-6-4-11-16(17-12)15-10-5-8-13-7-2-3-9-14(13)15;1-2/h2-4,6-7,9,11,15H,5,8,10H2,1H3;1-2H3. The van der Waals surface area contributed by atoms with Gasteiger partial charge < -0.3 is 0 Å². The first kappa shape index (κ1) is 13.8. The molecule has 1 aromatic heterocycles. The number of aromatic nitrogens is 1. The fourth-order valence-electron chi connectivity index (χ4n) is 2.82. The number of hydrogen-bond acceptors (Lipinski definition) is 1. The molecule has 1 atom stereocenters. The van der Waals surface area contributed by atoms with E-state index in [2.05, 4.69) is 49.4 Å². The Bertz CT molecular complexity index is 531. The van der Waals surface area contributed by atoms with E-state index in [0.717, 1.165) is 5.69 Å². The van der Waals surface area contributed by atoms with Crippen molar-refractivity contribution < 1.29 is 0 Å². The second kappa shape index (κ2) is 6.51. The van der Waals surface area contributed by atoms with E-state index >= 15 is 0 Å². The van der Waals surface area contributed by atoms with Crippen LogP contribution < -0.4 is 0 Å². The number of benzene rings is 1. The van der Waals surface area contributed by atoms with Gasteiger partial charge in [0.05, 0.1) is 0 Å². The molecular weight excluding hydrogens is 230 g/mol. The predicted octanol–water partition coefficient (Wildman–Crippen LogP) is 4.88. The van der Waals surface area contributed by atoms with Crippen molar-refractivity contribution in [1.82, 2.24) is 4.98 Å². The van der Waals surface area contributed by atoms with Crippen LogP contribution in [-0.2, 0) is 6.42 Å². The molecule has 0 aliphatic heterocycles. The zero-order valence-electron chi connectivity index (χ0n) is 12.2. The van der Waals surface area contributed by atoms with E-state index in [1.807, 2.05) is 13.8 Å². The summed E-state index contributed by atoms with van der Waals surface area (Å²) in [6.45, 7) is 6.07. The third kappa shape index (κ3) is 3.04. The van der Waals surface area contributed by atoms with E-state index in [1.54, 1.807) is 0 Å². The third-order valence-electron chi connectivity index (χ3n) is 3.64. The number of rotatable bonds is 1. The molecular formula is C18H23N. The van der Waals surface area contributed by atoms with Crippen LogP contribution in [0.3, 0.4) is 0 Å². The van der Waals surface area contributed by atoms with Crippen molar-refractivity contribution in [3.63, 3.8) is 0 Å². The van der Waals surface area contributed by atoms with E-state index in [1.165, 1.54) is 36.1 Å². The van der Waals surface area contributed by atoms with E-state index in [9.17, 15) is 0 Å². The van der Waals surface area contributed by atoms with Crippen LogP contribution in [-0.4, -0.2) is 4.98 Å². The van der Waals surface area contributed by atoms with E-state index in [0.29, 0.717) is 5.92 Å². The second-order valence-electron chi connectivity index (χ2n) is 4.85. The van der Waals surface area contributed by atoms with Gasteiger partial charge in [-0.25, -0.2) is 0 Å². The molecule has 3 rings (SSSR count). The minimum Gasteiger partial charge on any atom is -0.258 e. The molecule has 1 heteroatoms. The maximum Gasteiger partial charge on any atom is 0.0481 e. The summed E-state index contributed by atoms with van der Waals surface area (Å²) in [6.07, 6.45) is 3.73. The summed E-state index contributed by atoms with van der Waals surface area (Å²) in [7, 11) is 0. The Balaban J connectivity index is 0.000000637. The van der Waals surface area contributed by atoms with Gasteiger partial charge in [0, 0.05) is 17.3 Å². The van der Waals surface area contributed by atoms with Crippen LogP contribution in [0.1, 0.15) is 55.1 Å². The maximum absolute atomic E-state index is 4.70. The van der Waals surface area contributed by atoms with E-state index in [-0.39, 0.29) is 0 Å². The van der Waals surface area contributed by atoms with Gasteiger partial charge in [0.25, 0.3) is 0 Å². The van der Waals surface area contributed by atoms with Crippen LogP contribution in [0.25, 0.3) is 0 Å². The van der Waals surface area contributed by atoms with Crippen LogP contribution in [0.5, 0.6) is 0 Å². The molecule has 1 heterocycles. The molecule has 1 aliphatic carbocycles. The Morgan fingerprint density at radius 2 is 1.79 bits per heavy atom. The Kier molecular flexibility index (Phi) is 4.73. The lowest BCUT2D eigenvalue weighted by molar-refractivity contribution is 0.603. The van der Waals surface area contributed by atoms with Crippen LogP contribution in [0, 0.1) is 6.92 Å². The molecule has 2 aromatic rings. The highest BCUT2D eigenvalue weighted by atomic mass is 14.7. The minimum atomic E-state index is 0.500. The Labute approximate surface area is 116 Å². The van der Waals surface area contributed by atoms with Crippen molar-refractivity contribution in [1.29, 1.82) is 0 Å². The summed E-state index contributed by atoms with van der Waals surface area (Å²) in [6, 6.07) is 15.2. The first-order chi connectivity index (χ1) is 9.34. The molecule has 19 heavy (non-hydrogen) atoms. The summed E-state index contributed by atoms with van der Waals surface area (Å²) >= 11 is 0. The number of fused-ring (bicyclic) bond motifs is 1. The van der Waals surface area contributed by atoms with Crippen molar-refractivity contribution in [2.24, 2.45) is 0 Å². The number of nitrogens with zero attached hydrogens (tertiary/aromatic N) is 1. The summed E-state index contributed by atoms with van der Waals surface area (Å²) in [5, 5.41) is 0. The Morgan fingerprint density at radius 1 is 1.00 bits per heavy atom. The second-order valence-corrected chi connectivity index (χ2v) is 4.85. The smallest absolute Gasteiger partial charge is 0.0481 e. The normalized spacial score (nSPS) is 17.1. The fraction of sp³-hybridized carbons (Fsp3) is 0.389. The van der Waals surface area contributed by atoms with Gasteiger partial charge in [-0.2, -0.15) is 0 Å². The highest BCUT2D eigenvalue weighted by Crippen LogP contribution is 2.35. The number of pyridine rings is 1. The van der Waals surface area contributed by atoms with Gasteiger partial charge in [0.2, 0.25) is 0 Å². The Morgan fingerprint density at radius 3 is 2.58 bits per heavy atom. The first-order valence-corrected chi connectivity index (χ1v) is 7.36. The van der Waals surface area contributed by atoms with Crippen LogP contribution in [0.4, 0.5) is 0 Å². The predicted molar refractivity (Wildman–Crippen MR) is 81.5 cm³/mol. The van der Waals surface area contributed by atoms with Crippen LogP contribution in [0.2, 0.25) is 0 Å². The number of aryl methyl sites for hydroxylation is 2. The van der Waals surface area contributed by atoms with Crippen molar-refractivity contribution in [3.05, 3.63) is 65.0 Å². The summed E-state index contributed by atoms with van der Waals surface area (Å²) in [4.78, 5) is 4.70. The van der Waals surface area contributed by atoms with E-state index in [4.69, 9.17) is 4.98 Å². The average molecular weight is 253 g/mol. The molecule has 0 fully saturated rings. The highest BCUT2D eigenvalue weighted by Gasteiger charge is 2.22. The monoisotopic (exact) mass is 253 g/mol.